The highest BCUT2D eigenvalue weighted by molar-refractivity contribution is 5.97. The average Bonchev–Trinajstić information content (AvgIpc) is 3.08. The maximum absolute atomic E-state index is 12.7. The van der Waals surface area contributed by atoms with E-state index in [9.17, 15) is 14.4 Å². The molecule has 3 amide bonds. The van der Waals surface area contributed by atoms with Gasteiger partial charge in [0.15, 0.2) is 0 Å². The molecule has 1 fully saturated rings. The van der Waals surface area contributed by atoms with Crippen molar-refractivity contribution >= 4 is 34.8 Å². The number of nitrogens with zero attached hydrogens (tertiary/aromatic N) is 1. The standard InChI is InChI=1S/C24H30N4O3/c1-2-22(29)26-21-13-11-19(12-14-21)25-17-23(30)27-20-9-7-18(8-10-20)24(31)28-15-5-3-4-6-16-28/h7-14,25H,2-6,15-17H2,1H3,(H,26,29)(H,27,30). The Morgan fingerprint density at radius 1 is 0.742 bits per heavy atom. The maximum Gasteiger partial charge on any atom is 0.253 e. The van der Waals surface area contributed by atoms with Crippen LogP contribution in [-0.4, -0.2) is 42.3 Å². The van der Waals surface area contributed by atoms with Crippen LogP contribution < -0.4 is 16.0 Å². The highest BCUT2D eigenvalue weighted by Gasteiger charge is 2.17. The second kappa shape index (κ2) is 11.2. The van der Waals surface area contributed by atoms with Gasteiger partial charge in [-0.1, -0.05) is 19.8 Å². The molecule has 1 saturated heterocycles. The van der Waals surface area contributed by atoms with Gasteiger partial charge in [-0.05, 0) is 61.4 Å². The summed E-state index contributed by atoms with van der Waals surface area (Å²) in [6.07, 6.45) is 4.91. The molecule has 0 aromatic heterocycles. The van der Waals surface area contributed by atoms with Gasteiger partial charge in [0.1, 0.15) is 0 Å². The van der Waals surface area contributed by atoms with E-state index in [1.54, 1.807) is 43.3 Å². The Bertz CT molecular complexity index is 886. The van der Waals surface area contributed by atoms with Crippen LogP contribution in [-0.2, 0) is 9.59 Å². The number of likely N-dealkylation sites (tertiary alicyclic amines) is 1. The van der Waals surface area contributed by atoms with Crippen molar-refractivity contribution in [2.75, 3.05) is 35.6 Å². The number of amides is 3. The lowest BCUT2D eigenvalue weighted by Crippen LogP contribution is -2.31. The lowest BCUT2D eigenvalue weighted by atomic mass is 10.1. The summed E-state index contributed by atoms with van der Waals surface area (Å²) >= 11 is 0. The van der Waals surface area contributed by atoms with Crippen LogP contribution in [0.5, 0.6) is 0 Å². The second-order valence-electron chi connectivity index (χ2n) is 7.66. The van der Waals surface area contributed by atoms with E-state index >= 15 is 0 Å². The molecule has 7 nitrogen and oxygen atoms in total. The first-order valence-electron chi connectivity index (χ1n) is 10.9. The Balaban J connectivity index is 1.47. The van der Waals surface area contributed by atoms with E-state index in [1.807, 2.05) is 17.0 Å². The molecule has 0 aliphatic carbocycles. The van der Waals surface area contributed by atoms with Gasteiger partial charge < -0.3 is 20.9 Å². The topological polar surface area (TPSA) is 90.5 Å². The fraction of sp³-hybridized carbons (Fsp3) is 0.375. The van der Waals surface area contributed by atoms with E-state index in [-0.39, 0.29) is 24.3 Å². The van der Waals surface area contributed by atoms with Crippen LogP contribution in [0.4, 0.5) is 17.1 Å². The second-order valence-corrected chi connectivity index (χ2v) is 7.66. The van der Waals surface area contributed by atoms with Gasteiger partial charge in [-0.25, -0.2) is 0 Å². The summed E-state index contributed by atoms with van der Waals surface area (Å²) in [7, 11) is 0. The van der Waals surface area contributed by atoms with Gasteiger partial charge in [0.2, 0.25) is 11.8 Å². The third-order valence-electron chi connectivity index (χ3n) is 5.25. The lowest BCUT2D eigenvalue weighted by Gasteiger charge is -2.20. The Morgan fingerprint density at radius 2 is 1.26 bits per heavy atom. The Morgan fingerprint density at radius 3 is 1.84 bits per heavy atom. The predicted octanol–water partition coefficient (Wildman–Crippen LogP) is 4.10. The summed E-state index contributed by atoms with van der Waals surface area (Å²) in [5.41, 5.74) is 2.80. The molecule has 1 aliphatic heterocycles. The molecule has 2 aromatic rings. The first-order chi connectivity index (χ1) is 15.0. The van der Waals surface area contributed by atoms with Crippen LogP contribution in [0.2, 0.25) is 0 Å². The summed E-state index contributed by atoms with van der Waals surface area (Å²) in [6.45, 7) is 3.53. The van der Waals surface area contributed by atoms with Gasteiger partial charge >= 0.3 is 0 Å². The third-order valence-corrected chi connectivity index (χ3v) is 5.25. The van der Waals surface area contributed by atoms with E-state index in [2.05, 4.69) is 16.0 Å². The summed E-state index contributed by atoms with van der Waals surface area (Å²) in [5.74, 6) is -0.172. The minimum absolute atomic E-state index is 0.0424. The van der Waals surface area contributed by atoms with Crippen LogP contribution in [0.3, 0.4) is 0 Å². The van der Waals surface area contributed by atoms with E-state index in [0.717, 1.165) is 37.3 Å². The number of carbonyl (C=O) groups excluding carboxylic acids is 3. The number of anilines is 3. The number of nitrogens with one attached hydrogen (secondary N) is 3. The summed E-state index contributed by atoms with van der Waals surface area (Å²) in [5, 5.41) is 8.66. The normalized spacial score (nSPS) is 13.8. The third kappa shape index (κ3) is 6.84. The summed E-state index contributed by atoms with van der Waals surface area (Å²) in [6, 6.07) is 14.2. The highest BCUT2D eigenvalue weighted by Crippen LogP contribution is 2.16. The summed E-state index contributed by atoms with van der Waals surface area (Å²) in [4.78, 5) is 38.2. The molecule has 3 N–H and O–H groups in total. The monoisotopic (exact) mass is 422 g/mol. The molecule has 0 atom stereocenters. The van der Waals surface area contributed by atoms with Crippen molar-refractivity contribution < 1.29 is 14.4 Å². The molecule has 0 bridgehead atoms. The molecule has 31 heavy (non-hydrogen) atoms. The minimum Gasteiger partial charge on any atom is -0.376 e. The number of benzene rings is 2. The van der Waals surface area contributed by atoms with Crippen molar-refractivity contribution in [1.29, 1.82) is 0 Å². The van der Waals surface area contributed by atoms with E-state index in [4.69, 9.17) is 0 Å². The first-order valence-corrected chi connectivity index (χ1v) is 10.9. The van der Waals surface area contributed by atoms with Crippen LogP contribution >= 0.6 is 0 Å². The summed E-state index contributed by atoms with van der Waals surface area (Å²) < 4.78 is 0. The van der Waals surface area contributed by atoms with Crippen LogP contribution in [0.15, 0.2) is 48.5 Å². The fourth-order valence-electron chi connectivity index (χ4n) is 3.46. The molecule has 3 rings (SSSR count). The molecular formula is C24H30N4O3. The highest BCUT2D eigenvalue weighted by atomic mass is 16.2. The Hall–Kier alpha value is -3.35. The smallest absolute Gasteiger partial charge is 0.253 e. The van der Waals surface area contributed by atoms with Crippen molar-refractivity contribution in [3.05, 3.63) is 54.1 Å². The molecular weight excluding hydrogens is 392 g/mol. The van der Waals surface area contributed by atoms with E-state index in [1.165, 1.54) is 12.8 Å². The van der Waals surface area contributed by atoms with Crippen LogP contribution in [0, 0.1) is 0 Å². The van der Waals surface area contributed by atoms with Gasteiger partial charge in [-0.2, -0.15) is 0 Å². The number of hydrogen-bond acceptors (Lipinski definition) is 4. The molecule has 0 radical (unpaired) electrons. The zero-order valence-electron chi connectivity index (χ0n) is 17.9. The predicted molar refractivity (Wildman–Crippen MR) is 123 cm³/mol. The van der Waals surface area contributed by atoms with Crippen molar-refractivity contribution in [2.24, 2.45) is 0 Å². The average molecular weight is 423 g/mol. The molecule has 164 valence electrons. The molecule has 0 spiro atoms. The fourth-order valence-corrected chi connectivity index (χ4v) is 3.46. The maximum atomic E-state index is 12.7. The Labute approximate surface area is 183 Å². The van der Waals surface area contributed by atoms with Gasteiger partial charge in [0.25, 0.3) is 5.91 Å². The lowest BCUT2D eigenvalue weighted by molar-refractivity contribution is -0.116. The Kier molecular flexibility index (Phi) is 8.04. The molecule has 0 unspecified atom stereocenters. The number of carbonyl (C=O) groups is 3. The number of hydrogen-bond donors (Lipinski definition) is 3. The van der Waals surface area contributed by atoms with Crippen molar-refractivity contribution in [1.82, 2.24) is 4.90 Å². The van der Waals surface area contributed by atoms with Crippen LogP contribution in [0.1, 0.15) is 49.4 Å². The number of rotatable bonds is 7. The quantitative estimate of drug-likeness (QED) is 0.627. The van der Waals surface area contributed by atoms with Gasteiger partial charge in [0.05, 0.1) is 6.54 Å². The SMILES string of the molecule is CCC(=O)Nc1ccc(NCC(=O)Nc2ccc(C(=O)N3CCCCCC3)cc2)cc1. The zero-order valence-corrected chi connectivity index (χ0v) is 17.9. The van der Waals surface area contributed by atoms with Gasteiger partial charge in [-0.15, -0.1) is 0 Å². The molecule has 0 saturated carbocycles. The van der Waals surface area contributed by atoms with Crippen molar-refractivity contribution in [2.45, 2.75) is 39.0 Å². The van der Waals surface area contributed by atoms with Gasteiger partial charge in [0, 0.05) is 42.1 Å². The minimum atomic E-state index is -0.185. The zero-order chi connectivity index (χ0) is 22.1. The van der Waals surface area contributed by atoms with E-state index in [0.29, 0.717) is 17.7 Å². The molecule has 7 heteroatoms. The molecule has 1 aliphatic rings. The molecule has 1 heterocycles. The first kappa shape index (κ1) is 22.3. The van der Waals surface area contributed by atoms with Crippen LogP contribution in [0.25, 0.3) is 0 Å². The van der Waals surface area contributed by atoms with Crippen molar-refractivity contribution in [3.63, 3.8) is 0 Å². The van der Waals surface area contributed by atoms with E-state index < -0.39 is 0 Å². The molecule has 2 aromatic carbocycles. The largest absolute Gasteiger partial charge is 0.376 e. The van der Waals surface area contributed by atoms with Crippen molar-refractivity contribution in [3.8, 4) is 0 Å². The van der Waals surface area contributed by atoms with Gasteiger partial charge in [-0.3, -0.25) is 14.4 Å².